The highest BCUT2D eigenvalue weighted by Crippen LogP contribution is 2.47. The first-order valence-electron chi connectivity index (χ1n) is 14.9. The smallest absolute Gasteiger partial charge is 0.227 e. The number of carbonyl (C=O) groups is 1. The van der Waals surface area contributed by atoms with Crippen LogP contribution in [0.3, 0.4) is 0 Å². The molecule has 3 fully saturated rings. The van der Waals surface area contributed by atoms with Gasteiger partial charge in [0.1, 0.15) is 12.7 Å². The molecule has 0 spiro atoms. The monoisotopic (exact) mass is 540 g/mol. The van der Waals surface area contributed by atoms with E-state index in [1.54, 1.807) is 6.33 Å². The highest BCUT2D eigenvalue weighted by Gasteiger charge is 2.43. The van der Waals surface area contributed by atoms with Crippen molar-refractivity contribution in [2.75, 3.05) is 19.6 Å². The number of rotatable bonds is 9. The van der Waals surface area contributed by atoms with Crippen LogP contribution in [0.1, 0.15) is 76.2 Å². The lowest BCUT2D eigenvalue weighted by Gasteiger charge is -2.48. The van der Waals surface area contributed by atoms with E-state index in [9.17, 15) is 4.79 Å². The van der Waals surface area contributed by atoms with Crippen molar-refractivity contribution in [3.8, 4) is 0 Å². The number of benzene rings is 1. The van der Waals surface area contributed by atoms with Crippen molar-refractivity contribution in [3.05, 3.63) is 47.5 Å². The third-order valence-corrected chi connectivity index (χ3v) is 9.91. The van der Waals surface area contributed by atoms with Gasteiger partial charge in [0, 0.05) is 43.3 Å². The van der Waals surface area contributed by atoms with Crippen molar-refractivity contribution >= 4 is 17.5 Å². The van der Waals surface area contributed by atoms with Gasteiger partial charge in [0.05, 0.1) is 5.92 Å². The largest absolute Gasteiger partial charge is 0.342 e. The molecular weight excluding hydrogens is 496 g/mol. The van der Waals surface area contributed by atoms with Gasteiger partial charge in [0.2, 0.25) is 5.91 Å². The van der Waals surface area contributed by atoms with Gasteiger partial charge in [-0.3, -0.25) is 9.48 Å². The maximum atomic E-state index is 14.0. The Morgan fingerprint density at radius 2 is 1.76 bits per heavy atom. The lowest BCUT2D eigenvalue weighted by molar-refractivity contribution is -0.139. The van der Waals surface area contributed by atoms with E-state index in [4.69, 9.17) is 17.3 Å². The van der Waals surface area contributed by atoms with Crippen LogP contribution in [-0.4, -0.2) is 57.3 Å². The molecule has 1 aromatic carbocycles. The highest BCUT2D eigenvalue weighted by atomic mass is 35.5. The third kappa shape index (κ3) is 6.97. The zero-order valence-electron chi connectivity index (χ0n) is 22.7. The average molecular weight is 541 g/mol. The summed E-state index contributed by atoms with van der Waals surface area (Å²) in [4.78, 5) is 20.4. The van der Waals surface area contributed by atoms with Gasteiger partial charge < -0.3 is 16.0 Å². The van der Waals surface area contributed by atoms with Gasteiger partial charge in [-0.15, -0.1) is 0 Å². The van der Waals surface area contributed by atoms with Crippen LogP contribution in [0.15, 0.2) is 36.9 Å². The summed E-state index contributed by atoms with van der Waals surface area (Å²) < 4.78 is 2.02. The van der Waals surface area contributed by atoms with E-state index < -0.39 is 0 Å². The van der Waals surface area contributed by atoms with Crippen LogP contribution in [-0.2, 0) is 17.8 Å². The number of hydrogen-bond acceptors (Lipinski definition) is 5. The number of hydrogen-bond donors (Lipinski definition) is 2. The van der Waals surface area contributed by atoms with Gasteiger partial charge in [0.25, 0.3) is 0 Å². The number of likely N-dealkylation sites (tertiary alicyclic amines) is 1. The molecule has 5 rings (SSSR count). The minimum absolute atomic E-state index is 0.0794. The number of carbonyl (C=O) groups excluding carboxylic acids is 1. The second-order valence-corrected chi connectivity index (χ2v) is 12.6. The van der Waals surface area contributed by atoms with Crippen LogP contribution >= 0.6 is 11.6 Å². The predicted molar refractivity (Wildman–Crippen MR) is 152 cm³/mol. The Hall–Kier alpha value is -1.96. The van der Waals surface area contributed by atoms with Crippen LogP contribution < -0.4 is 11.1 Å². The Labute approximate surface area is 232 Å². The lowest BCUT2D eigenvalue weighted by atomic mass is 9.63. The summed E-state index contributed by atoms with van der Waals surface area (Å²) in [5.41, 5.74) is 7.49. The molecule has 2 aliphatic carbocycles. The molecule has 2 aromatic rings. The highest BCUT2D eigenvalue weighted by molar-refractivity contribution is 6.30. The second kappa shape index (κ2) is 12.9. The zero-order valence-corrected chi connectivity index (χ0v) is 23.5. The van der Waals surface area contributed by atoms with Crippen molar-refractivity contribution in [2.24, 2.45) is 23.0 Å². The summed E-state index contributed by atoms with van der Waals surface area (Å²) in [6.07, 6.45) is 17.3. The molecule has 3 N–H and O–H groups in total. The molecule has 2 heterocycles. The van der Waals surface area contributed by atoms with E-state index in [1.807, 2.05) is 23.1 Å². The van der Waals surface area contributed by atoms with Crippen molar-refractivity contribution in [1.29, 1.82) is 0 Å². The van der Waals surface area contributed by atoms with Gasteiger partial charge in [-0.25, -0.2) is 4.98 Å². The van der Waals surface area contributed by atoms with E-state index in [0.717, 1.165) is 69.6 Å². The summed E-state index contributed by atoms with van der Waals surface area (Å²) in [6, 6.07) is 8.76. The Bertz CT molecular complexity index is 990. The minimum atomic E-state index is -0.0794. The molecule has 3 aliphatic rings. The molecule has 38 heavy (non-hydrogen) atoms. The Kier molecular flexibility index (Phi) is 9.39. The number of halogens is 1. The molecule has 0 unspecified atom stereocenters. The molecule has 1 saturated heterocycles. The van der Waals surface area contributed by atoms with E-state index in [-0.39, 0.29) is 17.2 Å². The zero-order chi connectivity index (χ0) is 26.4. The minimum Gasteiger partial charge on any atom is -0.342 e. The fourth-order valence-corrected chi connectivity index (χ4v) is 7.39. The number of nitrogens with zero attached hydrogens (tertiary/aromatic N) is 4. The standard InChI is InChI=1S/C30H45ClN6O/c31-26-8-6-23(7-9-26)18-24(19-34-28-12-10-27(32)11-13-28)29(38)36-16-14-30(15-17-36,20-37-22-33-21-35-37)25-4-2-1-3-5-25/h6-9,21-22,24-25,27-28,34H,1-5,10-20,32H2/t24-,27?,28?/m1/s1. The van der Waals surface area contributed by atoms with Gasteiger partial charge in [0.15, 0.2) is 0 Å². The quantitative estimate of drug-likeness (QED) is 0.475. The van der Waals surface area contributed by atoms with Crippen molar-refractivity contribution in [2.45, 2.75) is 95.7 Å². The number of nitrogens with two attached hydrogens (primary N) is 1. The van der Waals surface area contributed by atoms with Crippen LogP contribution in [0.25, 0.3) is 0 Å². The van der Waals surface area contributed by atoms with Gasteiger partial charge in [-0.1, -0.05) is 43.0 Å². The van der Waals surface area contributed by atoms with E-state index in [1.165, 1.54) is 37.7 Å². The first-order chi connectivity index (χ1) is 18.5. The Morgan fingerprint density at radius 3 is 2.42 bits per heavy atom. The second-order valence-electron chi connectivity index (χ2n) is 12.2. The number of amides is 1. The van der Waals surface area contributed by atoms with Crippen molar-refractivity contribution in [1.82, 2.24) is 25.0 Å². The molecule has 1 atom stereocenters. The van der Waals surface area contributed by atoms with E-state index in [2.05, 4.69) is 32.4 Å². The number of nitrogens with one attached hydrogen (secondary N) is 1. The lowest BCUT2D eigenvalue weighted by Crippen LogP contribution is -2.51. The fraction of sp³-hybridized carbons (Fsp3) is 0.700. The number of aromatic nitrogens is 3. The molecule has 7 nitrogen and oxygen atoms in total. The molecule has 208 valence electrons. The maximum absolute atomic E-state index is 14.0. The maximum Gasteiger partial charge on any atom is 0.227 e. The Morgan fingerprint density at radius 1 is 1.05 bits per heavy atom. The van der Waals surface area contributed by atoms with Crippen LogP contribution in [0.5, 0.6) is 0 Å². The molecule has 1 aliphatic heterocycles. The van der Waals surface area contributed by atoms with Gasteiger partial charge >= 0.3 is 0 Å². The van der Waals surface area contributed by atoms with Gasteiger partial charge in [-0.2, -0.15) is 5.10 Å². The molecule has 0 radical (unpaired) electrons. The molecular formula is C30H45ClN6O. The summed E-state index contributed by atoms with van der Waals surface area (Å²) in [5, 5.41) is 8.93. The summed E-state index contributed by atoms with van der Waals surface area (Å²) in [7, 11) is 0. The first-order valence-corrected chi connectivity index (χ1v) is 15.2. The Balaban J connectivity index is 1.26. The SMILES string of the molecule is NC1CCC(NC[C@@H](Cc2ccc(Cl)cc2)C(=O)N2CCC(Cn3cncn3)(C3CCCCC3)CC2)CC1. The van der Waals surface area contributed by atoms with Gasteiger partial charge in [-0.05, 0) is 86.8 Å². The normalized spacial score (nSPS) is 25.3. The van der Waals surface area contributed by atoms with Crippen molar-refractivity contribution < 1.29 is 4.79 Å². The summed E-state index contributed by atoms with van der Waals surface area (Å²) in [6.45, 7) is 3.29. The molecule has 1 aromatic heterocycles. The van der Waals surface area contributed by atoms with Crippen LogP contribution in [0.4, 0.5) is 0 Å². The summed E-state index contributed by atoms with van der Waals surface area (Å²) >= 11 is 6.14. The molecule has 0 bridgehead atoms. The van der Waals surface area contributed by atoms with E-state index in [0.29, 0.717) is 24.5 Å². The molecule has 1 amide bonds. The van der Waals surface area contributed by atoms with Crippen LogP contribution in [0.2, 0.25) is 5.02 Å². The fourth-order valence-electron chi connectivity index (χ4n) is 7.26. The molecule has 2 saturated carbocycles. The van der Waals surface area contributed by atoms with Crippen LogP contribution in [0, 0.1) is 17.3 Å². The van der Waals surface area contributed by atoms with Crippen molar-refractivity contribution in [3.63, 3.8) is 0 Å². The molecule has 8 heteroatoms. The topological polar surface area (TPSA) is 89.1 Å². The third-order valence-electron chi connectivity index (χ3n) is 9.65. The first kappa shape index (κ1) is 27.6. The summed E-state index contributed by atoms with van der Waals surface area (Å²) in [5.74, 6) is 0.920. The van der Waals surface area contributed by atoms with E-state index >= 15 is 0 Å². The average Bonchev–Trinajstić information content (AvgIpc) is 3.46. The number of piperidine rings is 1. The predicted octanol–water partition coefficient (Wildman–Crippen LogP) is 4.84.